The number of sulfonamides is 1. The molecule has 1 aliphatic heterocycles. The Kier molecular flexibility index (Phi) is 6.19. The molecule has 1 N–H and O–H groups in total. The number of nitrogens with one attached hydrogen (secondary N) is 1. The lowest BCUT2D eigenvalue weighted by atomic mass is 10.1. The number of carbonyl (C=O) groups is 2. The number of rotatable bonds is 7. The molecule has 1 aromatic heterocycles. The summed E-state index contributed by atoms with van der Waals surface area (Å²) in [5, 5.41) is 2.55. The van der Waals surface area contributed by atoms with E-state index < -0.39 is 44.9 Å². The smallest absolute Gasteiger partial charge is 0.416 e. The highest BCUT2D eigenvalue weighted by Gasteiger charge is 2.34. The molecular weight excluding hydrogens is 477 g/mol. The van der Waals surface area contributed by atoms with E-state index in [-0.39, 0.29) is 30.2 Å². The second-order valence-electron chi connectivity index (χ2n) is 7.35. The molecule has 178 valence electrons. The standard InChI is InChI=1S/C22H17F3N2O6S/c23-22(24,25)15-3-1-5-17(10-15)34(30,31)27(11-16-4-2-8-32-16)12-19(28)14-6-7-20-18(9-14)26-21(29)13-33-20/h1-10H,11-13H2,(H,26,29). The van der Waals surface area contributed by atoms with Crippen LogP contribution >= 0.6 is 0 Å². The molecule has 0 atom stereocenters. The largest absolute Gasteiger partial charge is 0.482 e. The summed E-state index contributed by atoms with van der Waals surface area (Å²) in [6.45, 7) is -1.25. The fourth-order valence-corrected chi connectivity index (χ4v) is 4.70. The van der Waals surface area contributed by atoms with Crippen LogP contribution in [0.4, 0.5) is 18.9 Å². The highest BCUT2D eigenvalue weighted by molar-refractivity contribution is 7.89. The van der Waals surface area contributed by atoms with Gasteiger partial charge < -0.3 is 14.5 Å². The Bertz CT molecular complexity index is 1340. The van der Waals surface area contributed by atoms with Gasteiger partial charge in [-0.1, -0.05) is 6.07 Å². The Hall–Kier alpha value is -3.64. The SMILES string of the molecule is O=C1COc2ccc(C(=O)CN(Cc3ccco3)S(=O)(=O)c3cccc(C(F)(F)F)c3)cc2N1. The van der Waals surface area contributed by atoms with Gasteiger partial charge in [0.2, 0.25) is 10.0 Å². The lowest BCUT2D eigenvalue weighted by Gasteiger charge is -2.22. The zero-order chi connectivity index (χ0) is 24.5. The van der Waals surface area contributed by atoms with Crippen LogP contribution in [0.15, 0.2) is 70.2 Å². The van der Waals surface area contributed by atoms with Gasteiger partial charge in [-0.05, 0) is 48.5 Å². The van der Waals surface area contributed by atoms with E-state index in [4.69, 9.17) is 9.15 Å². The summed E-state index contributed by atoms with van der Waals surface area (Å²) in [5.41, 5.74) is -0.808. The molecule has 1 amide bonds. The van der Waals surface area contributed by atoms with Crippen molar-refractivity contribution in [1.82, 2.24) is 4.31 Å². The molecule has 0 aliphatic carbocycles. The number of Topliss-reactive ketones (excluding diaryl/α,β-unsaturated/α-hetero) is 1. The van der Waals surface area contributed by atoms with Gasteiger partial charge in [-0.3, -0.25) is 9.59 Å². The van der Waals surface area contributed by atoms with Crippen molar-refractivity contribution in [2.45, 2.75) is 17.6 Å². The lowest BCUT2D eigenvalue weighted by molar-refractivity contribution is -0.137. The van der Waals surface area contributed by atoms with Crippen molar-refractivity contribution in [3.8, 4) is 5.75 Å². The maximum Gasteiger partial charge on any atom is 0.416 e. The highest BCUT2D eigenvalue weighted by Crippen LogP contribution is 2.32. The van der Waals surface area contributed by atoms with Crippen molar-refractivity contribution in [3.63, 3.8) is 0 Å². The third-order valence-electron chi connectivity index (χ3n) is 4.97. The number of furan rings is 1. The maximum atomic E-state index is 13.3. The predicted octanol–water partition coefficient (Wildman–Crippen LogP) is 3.70. The summed E-state index contributed by atoms with van der Waals surface area (Å²) in [5.74, 6) is -0.525. The number of benzene rings is 2. The maximum absolute atomic E-state index is 13.3. The van der Waals surface area contributed by atoms with Gasteiger partial charge >= 0.3 is 6.18 Å². The number of alkyl halides is 3. The lowest BCUT2D eigenvalue weighted by Crippen LogP contribution is -2.35. The molecule has 0 radical (unpaired) electrons. The molecule has 0 spiro atoms. The van der Waals surface area contributed by atoms with Gasteiger partial charge in [0.15, 0.2) is 12.4 Å². The minimum absolute atomic E-state index is 0.0771. The topological polar surface area (TPSA) is 106 Å². The number of ether oxygens (including phenoxy) is 1. The number of ketones is 1. The summed E-state index contributed by atoms with van der Waals surface area (Å²) >= 11 is 0. The molecule has 0 bridgehead atoms. The van der Waals surface area contributed by atoms with Gasteiger partial charge in [0.25, 0.3) is 5.91 Å². The Balaban J connectivity index is 1.66. The van der Waals surface area contributed by atoms with Crippen molar-refractivity contribution in [3.05, 3.63) is 77.7 Å². The fourth-order valence-electron chi connectivity index (χ4n) is 3.29. The first-order chi connectivity index (χ1) is 16.0. The molecule has 4 rings (SSSR count). The normalized spacial score (nSPS) is 13.8. The summed E-state index contributed by atoms with van der Waals surface area (Å²) in [6.07, 6.45) is -3.44. The Morgan fingerprint density at radius 1 is 1.09 bits per heavy atom. The summed E-state index contributed by atoms with van der Waals surface area (Å²) < 4.78 is 77.1. The van der Waals surface area contributed by atoms with Crippen molar-refractivity contribution >= 4 is 27.4 Å². The molecule has 2 aromatic carbocycles. The quantitative estimate of drug-likeness (QED) is 0.502. The van der Waals surface area contributed by atoms with E-state index in [1.807, 2.05) is 0 Å². The van der Waals surface area contributed by atoms with E-state index in [9.17, 15) is 31.2 Å². The Morgan fingerprint density at radius 2 is 1.88 bits per heavy atom. The van der Waals surface area contributed by atoms with Crippen molar-refractivity contribution < 1.29 is 40.3 Å². The minimum atomic E-state index is -4.75. The number of nitrogens with zero attached hydrogens (tertiary/aromatic N) is 1. The minimum Gasteiger partial charge on any atom is -0.482 e. The second-order valence-corrected chi connectivity index (χ2v) is 9.29. The zero-order valence-electron chi connectivity index (χ0n) is 17.3. The van der Waals surface area contributed by atoms with E-state index in [0.29, 0.717) is 11.8 Å². The van der Waals surface area contributed by atoms with Crippen LogP contribution < -0.4 is 10.1 Å². The van der Waals surface area contributed by atoms with Gasteiger partial charge in [-0.15, -0.1) is 0 Å². The average molecular weight is 494 g/mol. The number of halogens is 3. The van der Waals surface area contributed by atoms with Crippen LogP contribution in [0, 0.1) is 0 Å². The number of anilines is 1. The summed E-state index contributed by atoms with van der Waals surface area (Å²) in [7, 11) is -4.53. The first-order valence-corrected chi connectivity index (χ1v) is 11.3. The van der Waals surface area contributed by atoms with Gasteiger partial charge in [-0.25, -0.2) is 8.42 Å². The van der Waals surface area contributed by atoms with Gasteiger partial charge in [0.1, 0.15) is 11.5 Å². The molecule has 12 heteroatoms. The van der Waals surface area contributed by atoms with E-state index in [0.717, 1.165) is 22.5 Å². The summed E-state index contributed by atoms with van der Waals surface area (Å²) in [4.78, 5) is 23.9. The molecular formula is C22H17F3N2O6S. The molecule has 0 saturated heterocycles. The molecule has 0 saturated carbocycles. The average Bonchev–Trinajstić information content (AvgIpc) is 3.31. The summed E-state index contributed by atoms with van der Waals surface area (Å²) in [6, 6.07) is 10.5. The molecule has 3 aromatic rings. The molecule has 0 unspecified atom stereocenters. The molecule has 8 nitrogen and oxygen atoms in total. The van der Waals surface area contributed by atoms with Crippen LogP contribution in [0.2, 0.25) is 0 Å². The van der Waals surface area contributed by atoms with Crippen LogP contribution in [0.5, 0.6) is 5.75 Å². The number of fused-ring (bicyclic) bond motifs is 1. The van der Waals surface area contributed by atoms with E-state index in [1.54, 1.807) is 0 Å². The van der Waals surface area contributed by atoms with E-state index in [2.05, 4.69) is 5.32 Å². The Labute approximate surface area is 192 Å². The van der Waals surface area contributed by atoms with Crippen LogP contribution in [0.1, 0.15) is 21.7 Å². The van der Waals surface area contributed by atoms with Crippen molar-refractivity contribution in [2.24, 2.45) is 0 Å². The van der Waals surface area contributed by atoms with Crippen LogP contribution in [-0.2, 0) is 27.5 Å². The first kappa shape index (κ1) is 23.5. The van der Waals surface area contributed by atoms with Crippen molar-refractivity contribution in [2.75, 3.05) is 18.5 Å². The monoisotopic (exact) mass is 494 g/mol. The van der Waals surface area contributed by atoms with Crippen LogP contribution in [0.3, 0.4) is 0 Å². The molecule has 0 fully saturated rings. The Morgan fingerprint density at radius 3 is 2.59 bits per heavy atom. The van der Waals surface area contributed by atoms with Gasteiger partial charge in [-0.2, -0.15) is 17.5 Å². The zero-order valence-corrected chi connectivity index (χ0v) is 18.2. The van der Waals surface area contributed by atoms with Crippen LogP contribution in [-0.4, -0.2) is 37.6 Å². The first-order valence-electron chi connectivity index (χ1n) is 9.84. The number of carbonyl (C=O) groups excluding carboxylic acids is 2. The van der Waals surface area contributed by atoms with E-state index in [1.165, 1.54) is 36.6 Å². The van der Waals surface area contributed by atoms with E-state index >= 15 is 0 Å². The molecule has 2 heterocycles. The predicted molar refractivity (Wildman–Crippen MR) is 113 cm³/mol. The number of hydrogen-bond donors (Lipinski definition) is 1. The number of hydrogen-bond acceptors (Lipinski definition) is 6. The highest BCUT2D eigenvalue weighted by atomic mass is 32.2. The number of amides is 1. The molecule has 34 heavy (non-hydrogen) atoms. The van der Waals surface area contributed by atoms with Gasteiger partial charge in [0.05, 0.1) is 35.5 Å². The fraction of sp³-hybridized carbons (Fsp3) is 0.182. The molecule has 1 aliphatic rings. The van der Waals surface area contributed by atoms with Crippen molar-refractivity contribution in [1.29, 1.82) is 0 Å². The third-order valence-corrected chi connectivity index (χ3v) is 6.75. The second kappa shape index (κ2) is 8.95. The van der Waals surface area contributed by atoms with Crippen LogP contribution in [0.25, 0.3) is 0 Å². The third kappa shape index (κ3) is 4.97. The van der Waals surface area contributed by atoms with Gasteiger partial charge in [0, 0.05) is 5.56 Å².